The van der Waals surface area contributed by atoms with Crippen molar-refractivity contribution < 1.29 is 27.8 Å². The summed E-state index contributed by atoms with van der Waals surface area (Å²) in [6.45, 7) is 2.40. The number of benzene rings is 1. The molecule has 0 unspecified atom stereocenters. The minimum atomic E-state index is -4.57. The molecule has 1 heterocycles. The predicted octanol–water partition coefficient (Wildman–Crippen LogP) is 3.33. The largest absolute Gasteiger partial charge is 0.493 e. The van der Waals surface area contributed by atoms with Crippen molar-refractivity contribution in [3.63, 3.8) is 0 Å². The lowest BCUT2D eigenvalue weighted by atomic mass is 10.0. The summed E-state index contributed by atoms with van der Waals surface area (Å²) >= 11 is 5.16. The molecule has 1 aromatic rings. The normalized spacial score (nSPS) is 17.6. The van der Waals surface area contributed by atoms with Crippen LogP contribution in [0.3, 0.4) is 0 Å². The van der Waals surface area contributed by atoms with Crippen LogP contribution in [0.25, 0.3) is 0 Å². The highest BCUT2D eigenvalue weighted by Crippen LogP contribution is 2.37. The lowest BCUT2D eigenvalue weighted by Gasteiger charge is -2.40. The fourth-order valence-electron chi connectivity index (χ4n) is 2.28. The Morgan fingerprint density at radius 2 is 2.17 bits per heavy atom. The van der Waals surface area contributed by atoms with Gasteiger partial charge in [-0.05, 0) is 31.0 Å². The molecule has 1 fully saturated rings. The molecule has 0 aliphatic carbocycles. The van der Waals surface area contributed by atoms with Crippen LogP contribution < -0.4 is 4.74 Å². The minimum absolute atomic E-state index is 0.108. The summed E-state index contributed by atoms with van der Waals surface area (Å²) in [4.78, 5) is 12.5. The fourth-order valence-corrected chi connectivity index (χ4v) is 2.62. The van der Waals surface area contributed by atoms with Crippen molar-refractivity contribution in [3.05, 3.63) is 29.3 Å². The highest BCUT2D eigenvalue weighted by molar-refractivity contribution is 7.80. The van der Waals surface area contributed by atoms with E-state index in [2.05, 4.69) is 0 Å². The maximum Gasteiger partial charge on any atom is 0.419 e. The topological polar surface area (TPSA) is 49.8 Å². The van der Waals surface area contributed by atoms with Crippen molar-refractivity contribution in [1.82, 2.24) is 4.90 Å². The molecule has 0 saturated carbocycles. The van der Waals surface area contributed by atoms with Gasteiger partial charge in [0.05, 0.1) is 12.2 Å². The van der Waals surface area contributed by atoms with Crippen LogP contribution in [-0.2, 0) is 11.0 Å². The average molecular weight is 347 g/mol. The quantitative estimate of drug-likeness (QED) is 0.828. The summed E-state index contributed by atoms with van der Waals surface area (Å²) in [5, 5.41) is 9.02. The highest BCUT2D eigenvalue weighted by Gasteiger charge is 2.38. The summed E-state index contributed by atoms with van der Waals surface area (Å²) in [6, 6.07) is 2.81. The molecule has 0 amide bonds. The second-order valence-electron chi connectivity index (χ2n) is 5.20. The Balaban J connectivity index is 2.30. The van der Waals surface area contributed by atoms with Crippen LogP contribution in [-0.4, -0.2) is 40.2 Å². The van der Waals surface area contributed by atoms with Crippen LogP contribution in [0.2, 0.25) is 0 Å². The molecular weight excluding hydrogens is 331 g/mol. The van der Waals surface area contributed by atoms with E-state index < -0.39 is 23.8 Å². The first-order chi connectivity index (χ1) is 10.8. The van der Waals surface area contributed by atoms with E-state index >= 15 is 0 Å². The first-order valence-corrected chi connectivity index (χ1v) is 7.54. The molecule has 1 aromatic carbocycles. The van der Waals surface area contributed by atoms with Gasteiger partial charge in [-0.15, -0.1) is 0 Å². The van der Waals surface area contributed by atoms with Gasteiger partial charge in [-0.25, -0.2) is 4.79 Å². The molecule has 8 heteroatoms. The second-order valence-corrected chi connectivity index (χ2v) is 5.59. The number of halogens is 3. The summed E-state index contributed by atoms with van der Waals surface area (Å²) in [5.41, 5.74) is -0.736. The number of carboxylic acid groups (broad SMARTS) is 1. The number of nitrogens with zero attached hydrogens (tertiary/aromatic N) is 1. The maximum atomic E-state index is 13.2. The minimum Gasteiger partial charge on any atom is -0.493 e. The first-order valence-electron chi connectivity index (χ1n) is 7.13. The van der Waals surface area contributed by atoms with Crippen LogP contribution in [0, 0.1) is 0 Å². The van der Waals surface area contributed by atoms with Crippen molar-refractivity contribution in [1.29, 1.82) is 0 Å². The van der Waals surface area contributed by atoms with E-state index in [1.807, 2.05) is 0 Å². The second kappa shape index (κ2) is 6.74. The van der Waals surface area contributed by atoms with Crippen molar-refractivity contribution in [2.45, 2.75) is 32.0 Å². The molecule has 2 rings (SSSR count). The van der Waals surface area contributed by atoms with Gasteiger partial charge in [-0.1, -0.05) is 19.1 Å². The zero-order chi connectivity index (χ0) is 17.2. The highest BCUT2D eigenvalue weighted by atomic mass is 32.1. The Labute approximate surface area is 136 Å². The number of likely N-dealkylation sites (tertiary alicyclic amines) is 1. The first kappa shape index (κ1) is 17.5. The lowest BCUT2D eigenvalue weighted by molar-refractivity contribution is -0.145. The Bertz CT molecular complexity index is 618. The van der Waals surface area contributed by atoms with Crippen LogP contribution in [0.4, 0.5) is 13.2 Å². The summed E-state index contributed by atoms with van der Waals surface area (Å²) in [6.07, 6.45) is -3.55. The smallest absolute Gasteiger partial charge is 0.419 e. The molecule has 1 aliphatic heterocycles. The average Bonchev–Trinajstić information content (AvgIpc) is 2.42. The van der Waals surface area contributed by atoms with E-state index in [0.29, 0.717) is 19.4 Å². The SMILES string of the molecule is CCCOc1ccc(C(=S)N2CC[C@@H]2C(=O)O)cc1C(F)(F)F. The van der Waals surface area contributed by atoms with Gasteiger partial charge < -0.3 is 14.7 Å². The number of rotatable bonds is 5. The summed E-state index contributed by atoms with van der Waals surface area (Å²) < 4.78 is 44.7. The molecule has 0 bridgehead atoms. The molecule has 4 nitrogen and oxygen atoms in total. The number of alkyl halides is 3. The molecular formula is C15H16F3NO3S. The number of ether oxygens (including phenoxy) is 1. The predicted molar refractivity (Wildman–Crippen MR) is 81.7 cm³/mol. The van der Waals surface area contributed by atoms with Gasteiger partial charge in [0.25, 0.3) is 0 Å². The lowest BCUT2D eigenvalue weighted by Crippen LogP contribution is -2.54. The maximum absolute atomic E-state index is 13.2. The van der Waals surface area contributed by atoms with E-state index in [1.54, 1.807) is 6.92 Å². The third kappa shape index (κ3) is 3.74. The van der Waals surface area contributed by atoms with Gasteiger partial charge in [0.2, 0.25) is 0 Å². The Hall–Kier alpha value is -1.83. The molecule has 1 saturated heterocycles. The third-order valence-corrected chi connectivity index (χ3v) is 4.03. The van der Waals surface area contributed by atoms with Crippen LogP contribution in [0.15, 0.2) is 18.2 Å². The van der Waals surface area contributed by atoms with E-state index in [4.69, 9.17) is 22.1 Å². The van der Waals surface area contributed by atoms with Crippen molar-refractivity contribution >= 4 is 23.2 Å². The molecule has 1 N–H and O–H groups in total. The molecule has 0 radical (unpaired) electrons. The molecule has 0 aromatic heterocycles. The number of hydrogen-bond donors (Lipinski definition) is 1. The van der Waals surface area contributed by atoms with Crippen molar-refractivity contribution in [2.24, 2.45) is 0 Å². The molecule has 1 atom stereocenters. The number of thiocarbonyl (C=S) groups is 1. The van der Waals surface area contributed by atoms with Gasteiger partial charge in [0, 0.05) is 12.1 Å². The standard InChI is InChI=1S/C15H16F3NO3S/c1-2-7-22-12-4-3-9(8-10(12)15(16,17)18)13(23)19-6-5-11(19)14(20)21/h3-4,8,11H,2,5-7H2,1H3,(H,20,21)/t11-/m1/s1. The summed E-state index contributed by atoms with van der Waals surface area (Å²) in [7, 11) is 0. The molecule has 23 heavy (non-hydrogen) atoms. The zero-order valence-corrected chi connectivity index (χ0v) is 13.2. The van der Waals surface area contributed by atoms with Crippen LogP contribution in [0.5, 0.6) is 5.75 Å². The van der Waals surface area contributed by atoms with Gasteiger partial charge in [-0.2, -0.15) is 13.2 Å². The molecule has 126 valence electrons. The molecule has 0 spiro atoms. The Morgan fingerprint density at radius 1 is 1.48 bits per heavy atom. The van der Waals surface area contributed by atoms with Crippen molar-refractivity contribution in [3.8, 4) is 5.75 Å². The van der Waals surface area contributed by atoms with E-state index in [1.165, 1.54) is 17.0 Å². The van der Waals surface area contributed by atoms with E-state index in [-0.39, 0.29) is 22.9 Å². The third-order valence-electron chi connectivity index (χ3n) is 3.56. The summed E-state index contributed by atoms with van der Waals surface area (Å²) in [5.74, 6) is -1.28. The van der Waals surface area contributed by atoms with E-state index in [9.17, 15) is 18.0 Å². The van der Waals surface area contributed by atoms with Gasteiger partial charge in [-0.3, -0.25) is 0 Å². The molecule has 1 aliphatic rings. The number of carboxylic acids is 1. The van der Waals surface area contributed by atoms with Gasteiger partial charge >= 0.3 is 12.1 Å². The Kier molecular flexibility index (Phi) is 5.13. The van der Waals surface area contributed by atoms with Crippen LogP contribution >= 0.6 is 12.2 Å². The fraction of sp³-hybridized carbons (Fsp3) is 0.467. The monoisotopic (exact) mass is 347 g/mol. The number of carbonyl (C=O) groups is 1. The van der Waals surface area contributed by atoms with Gasteiger partial charge in [0.15, 0.2) is 0 Å². The van der Waals surface area contributed by atoms with E-state index in [0.717, 1.165) is 6.07 Å². The van der Waals surface area contributed by atoms with Crippen LogP contribution in [0.1, 0.15) is 30.9 Å². The number of aliphatic carboxylic acids is 1. The van der Waals surface area contributed by atoms with Crippen molar-refractivity contribution in [2.75, 3.05) is 13.2 Å². The van der Waals surface area contributed by atoms with Gasteiger partial charge in [0.1, 0.15) is 16.8 Å². The number of hydrogen-bond acceptors (Lipinski definition) is 3. The zero-order valence-electron chi connectivity index (χ0n) is 12.4. The Morgan fingerprint density at radius 3 is 2.65 bits per heavy atom.